The van der Waals surface area contributed by atoms with Gasteiger partial charge in [-0.1, -0.05) is 18.1 Å². The van der Waals surface area contributed by atoms with E-state index < -0.39 is 0 Å². The predicted octanol–water partition coefficient (Wildman–Crippen LogP) is 3.58. The molecule has 2 aromatic rings. The quantitative estimate of drug-likeness (QED) is 0.878. The first-order chi connectivity index (χ1) is 10.9. The summed E-state index contributed by atoms with van der Waals surface area (Å²) in [4.78, 5) is 17.1. The molecular weight excluding hydrogens is 288 g/mol. The molecular formula is C19H20N2O2. The molecule has 4 heteroatoms. The highest BCUT2D eigenvalue weighted by Crippen LogP contribution is 2.25. The lowest BCUT2D eigenvalue weighted by molar-refractivity contribution is 0.102. The number of rotatable bonds is 4. The van der Waals surface area contributed by atoms with Gasteiger partial charge < -0.3 is 10.1 Å². The van der Waals surface area contributed by atoms with E-state index in [4.69, 9.17) is 11.2 Å². The van der Waals surface area contributed by atoms with Crippen molar-refractivity contribution >= 4 is 11.6 Å². The number of aryl methyl sites for hydroxylation is 3. The van der Waals surface area contributed by atoms with Gasteiger partial charge in [-0.3, -0.25) is 9.78 Å². The summed E-state index contributed by atoms with van der Waals surface area (Å²) in [5, 5.41) is 2.93. The van der Waals surface area contributed by atoms with Gasteiger partial charge in [0.25, 0.3) is 5.91 Å². The first-order valence-electron chi connectivity index (χ1n) is 7.36. The van der Waals surface area contributed by atoms with E-state index in [9.17, 15) is 4.79 Å². The van der Waals surface area contributed by atoms with Crippen LogP contribution in [0.4, 0.5) is 5.69 Å². The zero-order valence-electron chi connectivity index (χ0n) is 13.9. The molecule has 4 nitrogen and oxygen atoms in total. The van der Waals surface area contributed by atoms with Crippen LogP contribution in [0, 0.1) is 40.0 Å². The van der Waals surface area contributed by atoms with Crippen LogP contribution in [0.25, 0.3) is 0 Å². The number of hydrogen-bond acceptors (Lipinski definition) is 3. The average Bonchev–Trinajstić information content (AvgIpc) is 2.49. The van der Waals surface area contributed by atoms with E-state index in [0.29, 0.717) is 17.0 Å². The lowest BCUT2D eigenvalue weighted by Gasteiger charge is -2.15. The Bertz CT molecular complexity index is 789. The Morgan fingerprint density at radius 1 is 1.30 bits per heavy atom. The molecule has 118 valence electrons. The maximum Gasteiger partial charge on any atom is 0.261 e. The van der Waals surface area contributed by atoms with Crippen LogP contribution >= 0.6 is 0 Å². The largest absolute Gasteiger partial charge is 0.480 e. The number of terminal acetylenes is 1. The number of aromatic nitrogens is 1. The van der Waals surface area contributed by atoms with Crippen molar-refractivity contribution in [3.63, 3.8) is 0 Å². The van der Waals surface area contributed by atoms with Crippen LogP contribution in [0.1, 0.15) is 32.9 Å². The van der Waals surface area contributed by atoms with E-state index in [1.165, 1.54) is 0 Å². The number of nitrogens with one attached hydrogen (secondary N) is 1. The molecule has 0 radical (unpaired) electrons. The minimum absolute atomic E-state index is 0.104. The summed E-state index contributed by atoms with van der Waals surface area (Å²) in [7, 11) is 0. The van der Waals surface area contributed by atoms with Crippen molar-refractivity contribution in [3.8, 4) is 18.1 Å². The van der Waals surface area contributed by atoms with Crippen molar-refractivity contribution in [3.05, 3.63) is 52.3 Å². The van der Waals surface area contributed by atoms with Crippen LogP contribution in [0.3, 0.4) is 0 Å². The third-order valence-corrected chi connectivity index (χ3v) is 3.68. The maximum atomic E-state index is 12.7. The molecule has 0 saturated carbocycles. The molecule has 1 amide bonds. The number of anilines is 1. The Morgan fingerprint density at radius 3 is 2.74 bits per heavy atom. The van der Waals surface area contributed by atoms with Gasteiger partial charge in [-0.05, 0) is 44.9 Å². The smallest absolute Gasteiger partial charge is 0.261 e. The van der Waals surface area contributed by atoms with Gasteiger partial charge in [0.2, 0.25) is 0 Å². The summed E-state index contributed by atoms with van der Waals surface area (Å²) in [5.74, 6) is 2.61. The van der Waals surface area contributed by atoms with E-state index in [2.05, 4.69) is 16.2 Å². The number of nitrogens with zero attached hydrogens (tertiary/aromatic N) is 1. The fourth-order valence-electron chi connectivity index (χ4n) is 2.37. The van der Waals surface area contributed by atoms with Gasteiger partial charge in [-0.25, -0.2) is 0 Å². The van der Waals surface area contributed by atoms with Gasteiger partial charge in [0.05, 0.1) is 5.69 Å². The minimum Gasteiger partial charge on any atom is -0.480 e. The molecule has 0 aliphatic heterocycles. The molecule has 0 fully saturated rings. The standard InChI is InChI=1S/C19H20N2O2/c1-6-10-23-17-11-13(3)20-15(5)18(17)19(22)21-16-9-7-8-12(2)14(16)4/h1,7-9,11H,10H2,2-5H3,(H,21,22). The molecule has 2 rings (SSSR count). The van der Waals surface area contributed by atoms with Crippen molar-refractivity contribution in [1.82, 2.24) is 4.98 Å². The summed E-state index contributed by atoms with van der Waals surface area (Å²) < 4.78 is 5.52. The van der Waals surface area contributed by atoms with E-state index in [-0.39, 0.29) is 12.5 Å². The second-order valence-electron chi connectivity index (χ2n) is 5.42. The Kier molecular flexibility index (Phi) is 5.02. The van der Waals surface area contributed by atoms with Crippen LogP contribution in [0.2, 0.25) is 0 Å². The fraction of sp³-hybridized carbons (Fsp3) is 0.263. The zero-order chi connectivity index (χ0) is 17.0. The zero-order valence-corrected chi connectivity index (χ0v) is 13.9. The summed E-state index contributed by atoms with van der Waals surface area (Å²) in [6.45, 7) is 7.72. The Morgan fingerprint density at radius 2 is 2.04 bits per heavy atom. The highest BCUT2D eigenvalue weighted by Gasteiger charge is 2.18. The molecule has 0 bridgehead atoms. The topological polar surface area (TPSA) is 51.2 Å². The SMILES string of the molecule is C#CCOc1cc(C)nc(C)c1C(=O)Nc1cccc(C)c1C. The van der Waals surface area contributed by atoms with Crippen LogP contribution in [-0.4, -0.2) is 17.5 Å². The molecule has 0 spiro atoms. The van der Waals surface area contributed by atoms with Gasteiger partial charge >= 0.3 is 0 Å². The first-order valence-corrected chi connectivity index (χ1v) is 7.36. The molecule has 23 heavy (non-hydrogen) atoms. The highest BCUT2D eigenvalue weighted by atomic mass is 16.5. The Hall–Kier alpha value is -2.80. The predicted molar refractivity (Wildman–Crippen MR) is 91.9 cm³/mol. The Labute approximate surface area is 136 Å². The molecule has 1 N–H and O–H groups in total. The fourth-order valence-corrected chi connectivity index (χ4v) is 2.37. The third-order valence-electron chi connectivity index (χ3n) is 3.68. The normalized spacial score (nSPS) is 10.0. The van der Waals surface area contributed by atoms with Gasteiger partial charge in [0.15, 0.2) is 0 Å². The number of ether oxygens (including phenoxy) is 1. The molecule has 0 aliphatic rings. The molecule has 0 unspecified atom stereocenters. The third kappa shape index (κ3) is 3.70. The van der Waals surface area contributed by atoms with Gasteiger partial charge in [-0.15, -0.1) is 6.42 Å². The second kappa shape index (κ2) is 6.97. The molecule has 0 atom stereocenters. The van der Waals surface area contributed by atoms with Gasteiger partial charge in [-0.2, -0.15) is 0 Å². The molecule has 0 aliphatic carbocycles. The highest BCUT2D eigenvalue weighted by molar-refractivity contribution is 6.07. The monoisotopic (exact) mass is 308 g/mol. The average molecular weight is 308 g/mol. The lowest BCUT2D eigenvalue weighted by Crippen LogP contribution is -2.17. The van der Waals surface area contributed by atoms with Crippen molar-refractivity contribution in [2.24, 2.45) is 0 Å². The molecule has 1 aromatic carbocycles. The van der Waals surface area contributed by atoms with Crippen LogP contribution in [0.15, 0.2) is 24.3 Å². The summed E-state index contributed by atoms with van der Waals surface area (Å²) in [5.41, 5.74) is 4.72. The number of hydrogen-bond donors (Lipinski definition) is 1. The number of carbonyl (C=O) groups is 1. The van der Waals surface area contributed by atoms with Crippen LogP contribution in [0.5, 0.6) is 5.75 Å². The first kappa shape index (κ1) is 16.6. The number of pyridine rings is 1. The van der Waals surface area contributed by atoms with E-state index in [0.717, 1.165) is 22.5 Å². The van der Waals surface area contributed by atoms with Crippen molar-refractivity contribution in [2.75, 3.05) is 11.9 Å². The van der Waals surface area contributed by atoms with Crippen molar-refractivity contribution < 1.29 is 9.53 Å². The molecule has 0 saturated heterocycles. The summed E-state index contributed by atoms with van der Waals surface area (Å²) >= 11 is 0. The number of amides is 1. The Balaban J connectivity index is 2.39. The van der Waals surface area contributed by atoms with Crippen molar-refractivity contribution in [2.45, 2.75) is 27.7 Å². The minimum atomic E-state index is -0.254. The lowest BCUT2D eigenvalue weighted by atomic mass is 10.1. The van der Waals surface area contributed by atoms with Crippen molar-refractivity contribution in [1.29, 1.82) is 0 Å². The second-order valence-corrected chi connectivity index (χ2v) is 5.42. The van der Waals surface area contributed by atoms with E-state index in [1.54, 1.807) is 13.0 Å². The number of carbonyl (C=O) groups excluding carboxylic acids is 1. The maximum absolute atomic E-state index is 12.7. The van der Waals surface area contributed by atoms with Gasteiger partial charge in [0, 0.05) is 17.4 Å². The van der Waals surface area contributed by atoms with Crippen LogP contribution < -0.4 is 10.1 Å². The molecule has 1 aromatic heterocycles. The van der Waals surface area contributed by atoms with E-state index in [1.807, 2.05) is 39.0 Å². The number of benzene rings is 1. The van der Waals surface area contributed by atoms with Crippen LogP contribution in [-0.2, 0) is 0 Å². The van der Waals surface area contributed by atoms with E-state index >= 15 is 0 Å². The molecule has 1 heterocycles. The van der Waals surface area contributed by atoms with Gasteiger partial charge in [0.1, 0.15) is 17.9 Å². The summed E-state index contributed by atoms with van der Waals surface area (Å²) in [6, 6.07) is 7.51. The summed E-state index contributed by atoms with van der Waals surface area (Å²) in [6.07, 6.45) is 5.25.